The zero-order chi connectivity index (χ0) is 5.28. The van der Waals surface area contributed by atoms with Gasteiger partial charge in [-0.25, -0.2) is 4.21 Å². The summed E-state index contributed by atoms with van der Waals surface area (Å²) in [4.78, 5) is 0. The van der Waals surface area contributed by atoms with Gasteiger partial charge in [0.25, 0.3) is 0 Å². The molecule has 1 unspecified atom stereocenters. The third kappa shape index (κ3) is 1.16. The van der Waals surface area contributed by atoms with Crippen molar-refractivity contribution in [2.24, 2.45) is 0 Å². The van der Waals surface area contributed by atoms with Crippen molar-refractivity contribution in [3.63, 3.8) is 0 Å². The first-order chi connectivity index (χ1) is 3.30. The molecule has 1 atom stereocenters. The molecule has 0 aromatic heterocycles. The first-order valence-corrected chi connectivity index (χ1v) is 4.41. The highest BCUT2D eigenvalue weighted by Crippen LogP contribution is 2.25. The second-order valence-electron chi connectivity index (χ2n) is 1.80. The molecule has 0 radical (unpaired) electrons. The van der Waals surface area contributed by atoms with E-state index in [1.54, 1.807) is 0 Å². The summed E-state index contributed by atoms with van der Waals surface area (Å²) < 4.78 is 10.3. The Hall–Kier alpha value is 0.440. The predicted molar refractivity (Wildman–Crippen MR) is 31.6 cm³/mol. The van der Waals surface area contributed by atoms with E-state index in [2.05, 4.69) is 0 Å². The average Bonchev–Trinajstić information content (AvgIpc) is 1.23. The molecule has 0 amide bonds. The van der Waals surface area contributed by atoms with Crippen LogP contribution >= 0.6 is 10.7 Å². The van der Waals surface area contributed by atoms with Crippen molar-refractivity contribution in [2.45, 2.75) is 24.5 Å². The Morgan fingerprint density at radius 3 is 2.14 bits per heavy atom. The van der Waals surface area contributed by atoms with Gasteiger partial charge >= 0.3 is 0 Å². The highest BCUT2D eigenvalue weighted by Gasteiger charge is 2.21. The summed E-state index contributed by atoms with van der Waals surface area (Å²) in [5.41, 5.74) is 0. The summed E-state index contributed by atoms with van der Waals surface area (Å²) in [6, 6.07) is 0. The quantitative estimate of drug-likeness (QED) is 0.502. The lowest BCUT2D eigenvalue weighted by Crippen LogP contribution is -2.19. The van der Waals surface area contributed by atoms with Crippen molar-refractivity contribution in [3.05, 3.63) is 0 Å². The lowest BCUT2D eigenvalue weighted by atomic mass is 10.0. The topological polar surface area (TPSA) is 17.1 Å². The maximum atomic E-state index is 10.3. The first-order valence-electron chi connectivity index (χ1n) is 2.37. The van der Waals surface area contributed by atoms with Gasteiger partial charge < -0.3 is 0 Å². The Morgan fingerprint density at radius 2 is 2.14 bits per heavy atom. The fraction of sp³-hybridized carbons (Fsp3) is 1.00. The molecule has 1 aliphatic rings. The molecule has 1 saturated carbocycles. The predicted octanol–water partition coefficient (Wildman–Crippen LogP) is 1.44. The summed E-state index contributed by atoms with van der Waals surface area (Å²) in [6.45, 7) is 0. The van der Waals surface area contributed by atoms with Crippen LogP contribution in [0.4, 0.5) is 0 Å². The van der Waals surface area contributed by atoms with Crippen LogP contribution in [-0.2, 0) is 10.0 Å². The molecule has 0 aliphatic heterocycles. The molecule has 7 heavy (non-hydrogen) atoms. The van der Waals surface area contributed by atoms with Crippen LogP contribution in [0.5, 0.6) is 0 Å². The second kappa shape index (κ2) is 2.14. The van der Waals surface area contributed by atoms with Gasteiger partial charge in [0.2, 0.25) is 0 Å². The van der Waals surface area contributed by atoms with E-state index in [0.717, 1.165) is 12.8 Å². The molecule has 0 N–H and O–H groups in total. The highest BCUT2D eigenvalue weighted by molar-refractivity contribution is 8.08. The van der Waals surface area contributed by atoms with E-state index >= 15 is 0 Å². The zero-order valence-corrected chi connectivity index (χ0v) is 5.47. The van der Waals surface area contributed by atoms with Crippen LogP contribution in [0, 0.1) is 0 Å². The molecular formula is C4H7ClOS. The molecule has 3 heteroatoms. The maximum absolute atomic E-state index is 10.3. The molecule has 1 rings (SSSR count). The summed E-state index contributed by atoms with van der Waals surface area (Å²) in [6.07, 6.45) is 3.34. The smallest absolute Gasteiger partial charge is 0.118 e. The van der Waals surface area contributed by atoms with Gasteiger partial charge in [0, 0.05) is 5.25 Å². The molecule has 0 bridgehead atoms. The lowest BCUT2D eigenvalue weighted by molar-refractivity contribution is 0.509. The van der Waals surface area contributed by atoms with Crippen LogP contribution in [0.2, 0.25) is 0 Å². The third-order valence-electron chi connectivity index (χ3n) is 1.31. The molecule has 0 heterocycles. The van der Waals surface area contributed by atoms with E-state index in [4.69, 9.17) is 10.7 Å². The summed E-state index contributed by atoms with van der Waals surface area (Å²) in [5, 5.41) is 0.321. The summed E-state index contributed by atoms with van der Waals surface area (Å²) in [5.74, 6) is 0. The number of rotatable bonds is 1. The van der Waals surface area contributed by atoms with Crippen molar-refractivity contribution in [1.29, 1.82) is 0 Å². The van der Waals surface area contributed by atoms with E-state index in [1.807, 2.05) is 0 Å². The van der Waals surface area contributed by atoms with Crippen LogP contribution < -0.4 is 0 Å². The second-order valence-corrected chi connectivity index (χ2v) is 3.88. The van der Waals surface area contributed by atoms with Crippen LogP contribution in [0.25, 0.3) is 0 Å². The molecule has 1 aliphatic carbocycles. The van der Waals surface area contributed by atoms with Gasteiger partial charge in [-0.3, -0.25) is 0 Å². The van der Waals surface area contributed by atoms with Gasteiger partial charge in [0.1, 0.15) is 10.0 Å². The molecule has 0 aromatic carbocycles. The monoisotopic (exact) mass is 138 g/mol. The van der Waals surface area contributed by atoms with Gasteiger partial charge in [-0.05, 0) is 23.5 Å². The van der Waals surface area contributed by atoms with Gasteiger partial charge in [-0.15, -0.1) is 0 Å². The summed E-state index contributed by atoms with van der Waals surface area (Å²) in [7, 11) is 4.20. The Balaban J connectivity index is 2.27. The van der Waals surface area contributed by atoms with E-state index in [1.165, 1.54) is 6.42 Å². The zero-order valence-electron chi connectivity index (χ0n) is 3.89. The number of halogens is 1. The minimum absolute atomic E-state index is 0.321. The maximum Gasteiger partial charge on any atom is 0.118 e. The standard InChI is InChI=1S/C4H7ClOS/c5-7(6)4-2-1-3-4/h4H,1-3H2. The Kier molecular flexibility index (Phi) is 1.70. The van der Waals surface area contributed by atoms with E-state index in [0.29, 0.717) is 5.25 Å². The van der Waals surface area contributed by atoms with Gasteiger partial charge in [-0.1, -0.05) is 6.42 Å². The van der Waals surface area contributed by atoms with E-state index in [-0.39, 0.29) is 0 Å². The number of hydrogen-bond acceptors (Lipinski definition) is 1. The van der Waals surface area contributed by atoms with Crippen LogP contribution in [0.15, 0.2) is 0 Å². The Labute approximate surface area is 50.0 Å². The average molecular weight is 139 g/mol. The first kappa shape index (κ1) is 5.57. The van der Waals surface area contributed by atoms with Gasteiger partial charge in [0.05, 0.1) is 0 Å². The summed E-state index contributed by atoms with van der Waals surface area (Å²) >= 11 is 0. The van der Waals surface area contributed by atoms with Crippen molar-refractivity contribution < 1.29 is 4.21 Å². The fourth-order valence-electron chi connectivity index (χ4n) is 0.556. The third-order valence-corrected chi connectivity index (χ3v) is 3.07. The van der Waals surface area contributed by atoms with Crippen LogP contribution in [-0.4, -0.2) is 9.46 Å². The van der Waals surface area contributed by atoms with Crippen molar-refractivity contribution >= 4 is 20.7 Å². The minimum atomic E-state index is -1.05. The van der Waals surface area contributed by atoms with Crippen LogP contribution in [0.1, 0.15) is 19.3 Å². The molecule has 0 spiro atoms. The highest BCUT2D eigenvalue weighted by atomic mass is 35.7. The van der Waals surface area contributed by atoms with E-state index < -0.39 is 10.0 Å². The molecular weight excluding hydrogens is 132 g/mol. The SMILES string of the molecule is O=S(Cl)C1CCC1. The molecule has 1 nitrogen and oxygen atoms in total. The Bertz CT molecular complexity index is 89.7. The van der Waals surface area contributed by atoms with Crippen molar-refractivity contribution in [1.82, 2.24) is 0 Å². The fourth-order valence-corrected chi connectivity index (χ4v) is 1.79. The largest absolute Gasteiger partial charge is 0.242 e. The normalized spacial score (nSPS) is 26.4. The lowest BCUT2D eigenvalue weighted by Gasteiger charge is -2.20. The minimum Gasteiger partial charge on any atom is -0.242 e. The van der Waals surface area contributed by atoms with Crippen molar-refractivity contribution in [3.8, 4) is 0 Å². The van der Waals surface area contributed by atoms with Crippen LogP contribution in [0.3, 0.4) is 0 Å². The molecule has 1 fully saturated rings. The molecule has 0 saturated heterocycles. The van der Waals surface area contributed by atoms with Gasteiger partial charge in [0.15, 0.2) is 0 Å². The van der Waals surface area contributed by atoms with Crippen molar-refractivity contribution in [2.75, 3.05) is 0 Å². The Morgan fingerprint density at radius 1 is 1.57 bits per heavy atom. The number of hydrogen-bond donors (Lipinski definition) is 0. The molecule has 0 aromatic rings. The van der Waals surface area contributed by atoms with Gasteiger partial charge in [-0.2, -0.15) is 0 Å². The van der Waals surface area contributed by atoms with E-state index in [9.17, 15) is 4.21 Å². The molecule has 42 valence electrons.